The fourth-order valence-corrected chi connectivity index (χ4v) is 2.79. The molecule has 3 rings (SSSR count). The normalized spacial score (nSPS) is 15.6. The summed E-state index contributed by atoms with van der Waals surface area (Å²) in [6, 6.07) is 2.73. The lowest BCUT2D eigenvalue weighted by molar-refractivity contribution is -0.384. The summed E-state index contributed by atoms with van der Waals surface area (Å²) in [5, 5.41) is 13.9. The number of rotatable bonds is 8. The van der Waals surface area contributed by atoms with Crippen LogP contribution < -0.4 is 14.8 Å². The zero-order chi connectivity index (χ0) is 17.1. The molecule has 0 bridgehead atoms. The van der Waals surface area contributed by atoms with Crippen LogP contribution in [0.5, 0.6) is 11.5 Å². The Bertz CT molecular complexity index is 645. The van der Waals surface area contributed by atoms with Gasteiger partial charge < -0.3 is 14.8 Å². The Morgan fingerprint density at radius 1 is 1.38 bits per heavy atom. The van der Waals surface area contributed by atoms with E-state index in [0.717, 1.165) is 19.5 Å². The van der Waals surface area contributed by atoms with Crippen LogP contribution in [0, 0.1) is 16.0 Å². The maximum Gasteiger partial charge on any atom is 0.296 e. The van der Waals surface area contributed by atoms with Gasteiger partial charge in [0.15, 0.2) is 11.5 Å². The number of carbonyl (C=O) groups excluding carboxylic acids is 1. The molecule has 0 radical (unpaired) electrons. The van der Waals surface area contributed by atoms with Crippen molar-refractivity contribution in [2.75, 3.05) is 31.7 Å². The second kappa shape index (κ2) is 7.04. The molecule has 1 aromatic rings. The van der Waals surface area contributed by atoms with Gasteiger partial charge >= 0.3 is 0 Å². The second-order valence-electron chi connectivity index (χ2n) is 6.21. The molecule has 0 aromatic heterocycles. The molecular weight excluding hydrogens is 314 g/mol. The molecule has 1 amide bonds. The van der Waals surface area contributed by atoms with E-state index in [0.29, 0.717) is 17.4 Å². The van der Waals surface area contributed by atoms with Gasteiger partial charge in [-0.1, -0.05) is 6.92 Å². The summed E-state index contributed by atoms with van der Waals surface area (Å²) in [5.74, 6) is 1.15. The fraction of sp³-hybridized carbons (Fsp3) is 0.562. The van der Waals surface area contributed by atoms with Crippen LogP contribution in [-0.2, 0) is 4.79 Å². The van der Waals surface area contributed by atoms with Gasteiger partial charge in [0.2, 0.25) is 12.7 Å². The standard InChI is InChI=1S/C16H21N3O5/c1-2-5-18(8-11-3-4-11)9-16(20)17-12-6-14-15(24-10-23-14)7-13(12)19(21)22/h6-7,11H,2-5,8-10H2,1H3,(H,17,20). The number of amides is 1. The summed E-state index contributed by atoms with van der Waals surface area (Å²) in [6.07, 6.45) is 3.40. The van der Waals surface area contributed by atoms with Gasteiger partial charge in [0.25, 0.3) is 5.69 Å². The van der Waals surface area contributed by atoms with Gasteiger partial charge in [0.1, 0.15) is 5.69 Å². The van der Waals surface area contributed by atoms with E-state index in [1.807, 2.05) is 0 Å². The molecule has 0 unspecified atom stereocenters. The highest BCUT2D eigenvalue weighted by molar-refractivity contribution is 5.95. The average molecular weight is 335 g/mol. The highest BCUT2D eigenvalue weighted by atomic mass is 16.7. The van der Waals surface area contributed by atoms with E-state index < -0.39 is 4.92 Å². The molecule has 1 aromatic carbocycles. The van der Waals surface area contributed by atoms with Gasteiger partial charge in [0.05, 0.1) is 17.5 Å². The molecule has 1 fully saturated rings. The molecule has 2 aliphatic rings. The molecule has 1 N–H and O–H groups in total. The number of fused-ring (bicyclic) bond motifs is 1. The predicted molar refractivity (Wildman–Crippen MR) is 87.3 cm³/mol. The number of nitro benzene ring substituents is 1. The number of hydrogen-bond acceptors (Lipinski definition) is 6. The number of hydrogen-bond donors (Lipinski definition) is 1. The van der Waals surface area contributed by atoms with Crippen LogP contribution in [0.1, 0.15) is 26.2 Å². The van der Waals surface area contributed by atoms with E-state index in [1.165, 1.54) is 25.0 Å². The highest BCUT2D eigenvalue weighted by Gasteiger charge is 2.27. The van der Waals surface area contributed by atoms with E-state index in [4.69, 9.17) is 9.47 Å². The zero-order valence-corrected chi connectivity index (χ0v) is 13.6. The highest BCUT2D eigenvalue weighted by Crippen LogP contribution is 2.40. The molecule has 8 nitrogen and oxygen atoms in total. The molecule has 1 aliphatic heterocycles. The quantitative estimate of drug-likeness (QED) is 0.579. The van der Waals surface area contributed by atoms with E-state index in [2.05, 4.69) is 17.1 Å². The van der Waals surface area contributed by atoms with Crippen molar-refractivity contribution in [2.45, 2.75) is 26.2 Å². The summed E-state index contributed by atoms with van der Waals surface area (Å²) in [6.45, 7) is 4.07. The Labute approximate surface area is 139 Å². The largest absolute Gasteiger partial charge is 0.454 e. The van der Waals surface area contributed by atoms with Gasteiger partial charge in [-0.05, 0) is 31.7 Å². The number of benzene rings is 1. The van der Waals surface area contributed by atoms with Gasteiger partial charge in [-0.3, -0.25) is 19.8 Å². The minimum atomic E-state index is -0.536. The first kappa shape index (κ1) is 16.5. The Hall–Kier alpha value is -2.35. The maximum atomic E-state index is 12.3. The van der Waals surface area contributed by atoms with Crippen LogP contribution in [0.15, 0.2) is 12.1 Å². The minimum Gasteiger partial charge on any atom is -0.454 e. The molecular formula is C16H21N3O5. The van der Waals surface area contributed by atoms with Gasteiger partial charge in [-0.2, -0.15) is 0 Å². The van der Waals surface area contributed by atoms with Gasteiger partial charge in [-0.15, -0.1) is 0 Å². The lowest BCUT2D eigenvalue weighted by Gasteiger charge is -2.20. The Balaban J connectivity index is 1.69. The molecule has 0 saturated heterocycles. The Kier molecular flexibility index (Phi) is 4.84. The maximum absolute atomic E-state index is 12.3. The average Bonchev–Trinajstić information content (AvgIpc) is 3.21. The van der Waals surface area contributed by atoms with E-state index in [9.17, 15) is 14.9 Å². The van der Waals surface area contributed by atoms with Crippen molar-refractivity contribution in [3.05, 3.63) is 22.2 Å². The molecule has 1 saturated carbocycles. The second-order valence-corrected chi connectivity index (χ2v) is 6.21. The van der Waals surface area contributed by atoms with Crippen LogP contribution in [0.4, 0.5) is 11.4 Å². The van der Waals surface area contributed by atoms with E-state index in [1.54, 1.807) is 0 Å². The van der Waals surface area contributed by atoms with Crippen LogP contribution >= 0.6 is 0 Å². The van der Waals surface area contributed by atoms with Crippen molar-refractivity contribution in [2.24, 2.45) is 5.92 Å². The first-order valence-corrected chi connectivity index (χ1v) is 8.17. The number of ether oxygens (including phenoxy) is 2. The fourth-order valence-electron chi connectivity index (χ4n) is 2.79. The summed E-state index contributed by atoms with van der Waals surface area (Å²) in [4.78, 5) is 25.1. The van der Waals surface area contributed by atoms with Crippen molar-refractivity contribution in [3.63, 3.8) is 0 Å². The molecule has 1 heterocycles. The zero-order valence-electron chi connectivity index (χ0n) is 13.6. The van der Waals surface area contributed by atoms with Crippen molar-refractivity contribution < 1.29 is 19.2 Å². The number of nitrogens with zero attached hydrogens (tertiary/aromatic N) is 2. The number of nitrogens with one attached hydrogen (secondary N) is 1. The summed E-state index contributed by atoms with van der Waals surface area (Å²) in [7, 11) is 0. The summed E-state index contributed by atoms with van der Waals surface area (Å²) >= 11 is 0. The first-order valence-electron chi connectivity index (χ1n) is 8.17. The Morgan fingerprint density at radius 3 is 2.71 bits per heavy atom. The third-order valence-electron chi connectivity index (χ3n) is 4.08. The van der Waals surface area contributed by atoms with Crippen molar-refractivity contribution >= 4 is 17.3 Å². The Morgan fingerprint density at radius 2 is 2.08 bits per heavy atom. The first-order chi connectivity index (χ1) is 11.6. The van der Waals surface area contributed by atoms with Crippen LogP contribution in [0.25, 0.3) is 0 Å². The van der Waals surface area contributed by atoms with E-state index >= 15 is 0 Å². The van der Waals surface area contributed by atoms with Crippen LogP contribution in [-0.4, -0.2) is 42.2 Å². The molecule has 0 spiro atoms. The van der Waals surface area contributed by atoms with Crippen molar-refractivity contribution in [1.29, 1.82) is 0 Å². The third kappa shape index (κ3) is 3.94. The molecule has 1 aliphatic carbocycles. The molecule has 24 heavy (non-hydrogen) atoms. The monoisotopic (exact) mass is 335 g/mol. The van der Waals surface area contributed by atoms with E-state index in [-0.39, 0.29) is 30.6 Å². The van der Waals surface area contributed by atoms with Crippen LogP contribution in [0.3, 0.4) is 0 Å². The van der Waals surface area contributed by atoms with Crippen LogP contribution in [0.2, 0.25) is 0 Å². The number of carbonyl (C=O) groups is 1. The minimum absolute atomic E-state index is 0.0234. The molecule has 130 valence electrons. The van der Waals surface area contributed by atoms with Gasteiger partial charge in [-0.25, -0.2) is 0 Å². The predicted octanol–water partition coefficient (Wildman–Crippen LogP) is 2.38. The van der Waals surface area contributed by atoms with Crippen molar-refractivity contribution in [1.82, 2.24) is 4.90 Å². The summed E-state index contributed by atoms with van der Waals surface area (Å²) in [5.41, 5.74) is -0.0612. The topological polar surface area (TPSA) is 93.9 Å². The molecule has 0 atom stereocenters. The van der Waals surface area contributed by atoms with Gasteiger partial charge in [0, 0.05) is 12.6 Å². The SMILES string of the molecule is CCCN(CC(=O)Nc1cc2c(cc1[N+](=O)[O-])OCO2)CC1CC1. The smallest absolute Gasteiger partial charge is 0.296 e. The third-order valence-corrected chi connectivity index (χ3v) is 4.08. The van der Waals surface area contributed by atoms with Crippen molar-refractivity contribution in [3.8, 4) is 11.5 Å². The number of anilines is 1. The lowest BCUT2D eigenvalue weighted by atomic mass is 10.2. The lowest BCUT2D eigenvalue weighted by Crippen LogP contribution is -2.35. The number of nitro groups is 1. The summed E-state index contributed by atoms with van der Waals surface area (Å²) < 4.78 is 10.4. The molecule has 8 heteroatoms.